The quantitative estimate of drug-likeness (QED) is 0.648. The largest absolute Gasteiger partial charge is 0.445 e. The third-order valence-corrected chi connectivity index (χ3v) is 6.83. The average Bonchev–Trinajstić information content (AvgIpc) is 2.77. The SMILES string of the molecule is O=CCC[C@H]1CN(C(=O)OCc2ccccc2)CCN1S(=O)(=O)c1ccccc1. The molecule has 2 aromatic rings. The van der Waals surface area contributed by atoms with Crippen molar-refractivity contribution < 1.29 is 22.7 Å². The van der Waals surface area contributed by atoms with Crippen molar-refractivity contribution in [3.8, 4) is 0 Å². The summed E-state index contributed by atoms with van der Waals surface area (Å²) in [5.41, 5.74) is 0.878. The van der Waals surface area contributed by atoms with Crippen LogP contribution in [0, 0.1) is 0 Å². The van der Waals surface area contributed by atoms with Gasteiger partial charge < -0.3 is 14.4 Å². The lowest BCUT2D eigenvalue weighted by molar-refractivity contribution is -0.108. The van der Waals surface area contributed by atoms with Gasteiger partial charge in [0.15, 0.2) is 0 Å². The van der Waals surface area contributed by atoms with E-state index >= 15 is 0 Å². The zero-order valence-corrected chi connectivity index (χ0v) is 16.8. The van der Waals surface area contributed by atoms with Crippen LogP contribution in [0.3, 0.4) is 0 Å². The first-order valence-electron chi connectivity index (χ1n) is 9.48. The fourth-order valence-electron chi connectivity index (χ4n) is 3.36. The normalized spacial score (nSPS) is 17.7. The molecular formula is C21H24N2O5S. The molecule has 0 spiro atoms. The molecule has 0 aliphatic carbocycles. The molecule has 1 amide bonds. The van der Waals surface area contributed by atoms with Crippen LogP contribution < -0.4 is 0 Å². The topological polar surface area (TPSA) is 84.0 Å². The maximum absolute atomic E-state index is 13.1. The molecule has 8 heteroatoms. The Hall–Kier alpha value is -2.71. The van der Waals surface area contributed by atoms with Crippen LogP contribution in [0.2, 0.25) is 0 Å². The number of amides is 1. The minimum Gasteiger partial charge on any atom is -0.445 e. The van der Waals surface area contributed by atoms with Crippen LogP contribution in [0.1, 0.15) is 18.4 Å². The van der Waals surface area contributed by atoms with Crippen molar-refractivity contribution in [2.45, 2.75) is 30.4 Å². The van der Waals surface area contributed by atoms with Crippen molar-refractivity contribution in [3.05, 3.63) is 66.2 Å². The number of piperazine rings is 1. The summed E-state index contributed by atoms with van der Waals surface area (Å²) in [7, 11) is -3.71. The monoisotopic (exact) mass is 416 g/mol. The highest BCUT2D eigenvalue weighted by Crippen LogP contribution is 2.24. The Morgan fingerprint density at radius 3 is 2.34 bits per heavy atom. The van der Waals surface area contributed by atoms with Gasteiger partial charge in [0.05, 0.1) is 4.90 Å². The summed E-state index contributed by atoms with van der Waals surface area (Å²) in [6.45, 7) is 0.729. The van der Waals surface area contributed by atoms with Gasteiger partial charge >= 0.3 is 6.09 Å². The predicted octanol–water partition coefficient (Wildman–Crippen LogP) is 2.68. The molecule has 1 heterocycles. The molecule has 2 aromatic carbocycles. The molecular weight excluding hydrogens is 392 g/mol. The fourth-order valence-corrected chi connectivity index (χ4v) is 5.01. The van der Waals surface area contributed by atoms with E-state index in [0.717, 1.165) is 11.8 Å². The number of rotatable bonds is 7. The van der Waals surface area contributed by atoms with E-state index in [1.54, 1.807) is 30.3 Å². The van der Waals surface area contributed by atoms with Crippen molar-refractivity contribution in [3.63, 3.8) is 0 Å². The highest BCUT2D eigenvalue weighted by molar-refractivity contribution is 7.89. The molecule has 1 fully saturated rings. The average molecular weight is 416 g/mol. The number of aldehydes is 1. The lowest BCUT2D eigenvalue weighted by atomic mass is 10.1. The van der Waals surface area contributed by atoms with Crippen LogP contribution in [0.4, 0.5) is 4.79 Å². The third-order valence-electron chi connectivity index (χ3n) is 4.86. The highest BCUT2D eigenvalue weighted by Gasteiger charge is 2.37. The number of hydrogen-bond donors (Lipinski definition) is 0. The first-order chi connectivity index (χ1) is 14.0. The second-order valence-corrected chi connectivity index (χ2v) is 8.70. The number of carbonyl (C=O) groups excluding carboxylic acids is 2. The van der Waals surface area contributed by atoms with E-state index < -0.39 is 22.2 Å². The second kappa shape index (κ2) is 9.67. The van der Waals surface area contributed by atoms with Crippen LogP contribution in [0.5, 0.6) is 0 Å². The molecule has 0 N–H and O–H groups in total. The maximum Gasteiger partial charge on any atom is 0.410 e. The van der Waals surface area contributed by atoms with Crippen LogP contribution in [0.15, 0.2) is 65.6 Å². The minimum atomic E-state index is -3.71. The van der Waals surface area contributed by atoms with E-state index in [0.29, 0.717) is 6.42 Å². The van der Waals surface area contributed by atoms with Crippen molar-refractivity contribution in [1.29, 1.82) is 0 Å². The van der Waals surface area contributed by atoms with E-state index in [-0.39, 0.29) is 37.6 Å². The summed E-state index contributed by atoms with van der Waals surface area (Å²) in [5, 5.41) is 0. The van der Waals surface area contributed by atoms with Crippen LogP contribution in [-0.4, -0.2) is 55.7 Å². The van der Waals surface area contributed by atoms with Gasteiger partial charge in [-0.15, -0.1) is 0 Å². The molecule has 1 aliphatic heterocycles. The van der Waals surface area contributed by atoms with Gasteiger partial charge in [0, 0.05) is 32.1 Å². The number of hydrogen-bond acceptors (Lipinski definition) is 5. The molecule has 29 heavy (non-hydrogen) atoms. The first kappa shape index (κ1) is 21.0. The van der Waals surface area contributed by atoms with Crippen LogP contribution >= 0.6 is 0 Å². The smallest absolute Gasteiger partial charge is 0.410 e. The van der Waals surface area contributed by atoms with Gasteiger partial charge in [0.25, 0.3) is 0 Å². The lowest BCUT2D eigenvalue weighted by Gasteiger charge is -2.39. The van der Waals surface area contributed by atoms with Crippen LogP contribution in [-0.2, 0) is 26.2 Å². The first-order valence-corrected chi connectivity index (χ1v) is 10.9. The lowest BCUT2D eigenvalue weighted by Crippen LogP contribution is -2.56. The Balaban J connectivity index is 1.69. The molecule has 1 aliphatic rings. The molecule has 1 saturated heterocycles. The number of ether oxygens (including phenoxy) is 1. The predicted molar refractivity (Wildman–Crippen MR) is 108 cm³/mol. The number of benzene rings is 2. The van der Waals surface area contributed by atoms with Crippen LogP contribution in [0.25, 0.3) is 0 Å². The molecule has 0 saturated carbocycles. The minimum absolute atomic E-state index is 0.154. The van der Waals surface area contributed by atoms with Crippen molar-refractivity contribution in [1.82, 2.24) is 9.21 Å². The molecule has 3 rings (SSSR count). The Kier molecular flexibility index (Phi) is 7.00. The summed E-state index contributed by atoms with van der Waals surface area (Å²) in [4.78, 5) is 25.1. The van der Waals surface area contributed by atoms with Gasteiger partial charge in [-0.2, -0.15) is 4.31 Å². The fraction of sp³-hybridized carbons (Fsp3) is 0.333. The number of sulfonamides is 1. The summed E-state index contributed by atoms with van der Waals surface area (Å²) in [6, 6.07) is 17.1. The van der Waals surface area contributed by atoms with E-state index in [4.69, 9.17) is 4.74 Å². The molecule has 7 nitrogen and oxygen atoms in total. The number of nitrogens with zero attached hydrogens (tertiary/aromatic N) is 2. The standard InChI is InChI=1S/C21H24N2O5S/c24-15-7-10-19-16-22(21(25)28-17-18-8-3-1-4-9-18)13-14-23(19)29(26,27)20-11-5-2-6-12-20/h1-6,8-9,11-12,15,19H,7,10,13-14,16-17H2/t19-/m0/s1. The Morgan fingerprint density at radius 2 is 1.69 bits per heavy atom. The maximum atomic E-state index is 13.1. The Bertz CT molecular complexity index is 919. The summed E-state index contributed by atoms with van der Waals surface area (Å²) in [5.74, 6) is 0. The van der Waals surface area contributed by atoms with E-state index in [9.17, 15) is 18.0 Å². The van der Waals surface area contributed by atoms with E-state index in [1.165, 1.54) is 9.21 Å². The molecule has 154 valence electrons. The van der Waals surface area contributed by atoms with Gasteiger partial charge in [0.2, 0.25) is 10.0 Å². The summed E-state index contributed by atoms with van der Waals surface area (Å²) in [6.07, 6.45) is 0.845. The van der Waals surface area contributed by atoms with Crippen molar-refractivity contribution in [2.75, 3.05) is 19.6 Å². The molecule has 1 atom stereocenters. The summed E-state index contributed by atoms with van der Waals surface area (Å²) >= 11 is 0. The molecule has 0 unspecified atom stereocenters. The van der Waals surface area contributed by atoms with Gasteiger partial charge in [-0.1, -0.05) is 48.5 Å². The second-order valence-electron chi connectivity index (χ2n) is 6.81. The van der Waals surface area contributed by atoms with Gasteiger partial charge in [0.1, 0.15) is 12.9 Å². The van der Waals surface area contributed by atoms with E-state index in [2.05, 4.69) is 0 Å². The zero-order chi connectivity index (χ0) is 20.7. The molecule has 0 bridgehead atoms. The Labute approximate surface area is 170 Å². The summed E-state index contributed by atoms with van der Waals surface area (Å²) < 4.78 is 32.9. The zero-order valence-electron chi connectivity index (χ0n) is 16.0. The van der Waals surface area contributed by atoms with Gasteiger partial charge in [-0.05, 0) is 24.1 Å². The molecule has 0 radical (unpaired) electrons. The van der Waals surface area contributed by atoms with E-state index in [1.807, 2.05) is 30.3 Å². The molecule has 0 aromatic heterocycles. The van der Waals surface area contributed by atoms with Crippen molar-refractivity contribution >= 4 is 22.4 Å². The third kappa shape index (κ3) is 5.21. The van der Waals surface area contributed by atoms with Gasteiger partial charge in [-0.3, -0.25) is 0 Å². The highest BCUT2D eigenvalue weighted by atomic mass is 32.2. The van der Waals surface area contributed by atoms with Gasteiger partial charge in [-0.25, -0.2) is 13.2 Å². The van der Waals surface area contributed by atoms with Crippen molar-refractivity contribution in [2.24, 2.45) is 0 Å². The Morgan fingerprint density at radius 1 is 1.03 bits per heavy atom. The number of carbonyl (C=O) groups is 2.